The van der Waals surface area contributed by atoms with Gasteiger partial charge in [-0.05, 0) is 31.2 Å². The highest BCUT2D eigenvalue weighted by atomic mass is 16.5. The maximum atomic E-state index is 6.09. The van der Waals surface area contributed by atoms with Crippen LogP contribution in [0.4, 0.5) is 5.95 Å². The summed E-state index contributed by atoms with van der Waals surface area (Å²) in [5.41, 5.74) is -0.0331. The van der Waals surface area contributed by atoms with Crippen molar-refractivity contribution in [1.82, 2.24) is 19.9 Å². The van der Waals surface area contributed by atoms with E-state index in [0.717, 1.165) is 44.9 Å². The van der Waals surface area contributed by atoms with E-state index >= 15 is 0 Å². The number of ether oxygens (including phenoxy) is 2. The maximum absolute atomic E-state index is 6.09. The fourth-order valence-corrected chi connectivity index (χ4v) is 3.53. The Balaban J connectivity index is 1.26. The minimum atomic E-state index is -0.0331. The minimum Gasteiger partial charge on any atom is -0.477 e. The van der Waals surface area contributed by atoms with E-state index in [-0.39, 0.29) is 5.60 Å². The van der Waals surface area contributed by atoms with Crippen LogP contribution in [0.3, 0.4) is 0 Å². The summed E-state index contributed by atoms with van der Waals surface area (Å²) in [7, 11) is 0. The summed E-state index contributed by atoms with van der Waals surface area (Å²) in [6.07, 6.45) is 11.7. The zero-order chi connectivity index (χ0) is 16.2. The molecule has 4 rings (SSSR count). The van der Waals surface area contributed by atoms with Crippen molar-refractivity contribution in [3.63, 3.8) is 0 Å². The predicted molar refractivity (Wildman–Crippen MR) is 87.8 cm³/mol. The van der Waals surface area contributed by atoms with Gasteiger partial charge in [-0.1, -0.05) is 0 Å². The Morgan fingerprint density at radius 3 is 2.83 bits per heavy atom. The summed E-state index contributed by atoms with van der Waals surface area (Å²) < 4.78 is 11.8. The number of rotatable bonds is 5. The summed E-state index contributed by atoms with van der Waals surface area (Å²) in [5.74, 6) is 2.00. The van der Waals surface area contributed by atoms with Gasteiger partial charge >= 0.3 is 0 Å². The normalized spacial score (nSPS) is 22.2. The number of hydrogen-bond donors (Lipinski definition) is 0. The molecule has 7 nitrogen and oxygen atoms in total. The predicted octanol–water partition coefficient (Wildman–Crippen LogP) is 1.72. The average Bonchev–Trinajstić information content (AvgIpc) is 2.61. The topological polar surface area (TPSA) is 73.3 Å². The van der Waals surface area contributed by atoms with Crippen molar-refractivity contribution in [2.45, 2.75) is 24.9 Å². The molecule has 1 unspecified atom stereocenters. The van der Waals surface area contributed by atoms with Crippen molar-refractivity contribution in [3.8, 4) is 5.88 Å². The molecule has 0 aromatic carbocycles. The van der Waals surface area contributed by atoms with E-state index in [1.165, 1.54) is 0 Å². The molecule has 0 amide bonds. The van der Waals surface area contributed by atoms with Gasteiger partial charge in [-0.2, -0.15) is 0 Å². The second kappa shape index (κ2) is 6.68. The molecule has 0 N–H and O–H groups in total. The fraction of sp³-hybridized carbons (Fsp3) is 0.529. The lowest BCUT2D eigenvalue weighted by Gasteiger charge is -2.53. The minimum absolute atomic E-state index is 0.0331. The van der Waals surface area contributed by atoms with E-state index in [1.54, 1.807) is 31.0 Å². The first-order chi connectivity index (χ1) is 11.8. The molecule has 7 heteroatoms. The number of anilines is 1. The molecule has 24 heavy (non-hydrogen) atoms. The van der Waals surface area contributed by atoms with Gasteiger partial charge in [-0.25, -0.2) is 15.0 Å². The fourth-order valence-electron chi connectivity index (χ4n) is 3.53. The molecule has 2 aliphatic rings. The van der Waals surface area contributed by atoms with Crippen LogP contribution in [0.5, 0.6) is 5.88 Å². The SMILES string of the molecule is c1cnc(N2CC3(CC(CCOc4cnccn4)CCO3)C2)nc1. The molecule has 126 valence electrons. The summed E-state index contributed by atoms with van der Waals surface area (Å²) in [4.78, 5) is 18.9. The van der Waals surface area contributed by atoms with Gasteiger partial charge in [0.1, 0.15) is 5.60 Å². The Kier molecular flexibility index (Phi) is 4.25. The van der Waals surface area contributed by atoms with Gasteiger partial charge < -0.3 is 14.4 Å². The quantitative estimate of drug-likeness (QED) is 0.828. The summed E-state index contributed by atoms with van der Waals surface area (Å²) in [6, 6.07) is 1.84. The molecule has 0 aliphatic carbocycles. The van der Waals surface area contributed by atoms with Crippen LogP contribution in [0, 0.1) is 5.92 Å². The highest BCUT2D eigenvalue weighted by Gasteiger charge is 2.48. The van der Waals surface area contributed by atoms with E-state index in [1.807, 2.05) is 6.07 Å². The first-order valence-corrected chi connectivity index (χ1v) is 8.38. The van der Waals surface area contributed by atoms with E-state index in [9.17, 15) is 0 Å². The van der Waals surface area contributed by atoms with Gasteiger partial charge in [0.15, 0.2) is 0 Å². The van der Waals surface area contributed by atoms with Gasteiger partial charge in [0.05, 0.1) is 25.9 Å². The van der Waals surface area contributed by atoms with Crippen molar-refractivity contribution in [3.05, 3.63) is 37.1 Å². The second-order valence-electron chi connectivity index (χ2n) is 6.48. The third kappa shape index (κ3) is 3.31. The molecule has 0 saturated carbocycles. The summed E-state index contributed by atoms with van der Waals surface area (Å²) in [5, 5.41) is 0. The third-order valence-electron chi connectivity index (χ3n) is 4.70. The zero-order valence-corrected chi connectivity index (χ0v) is 13.5. The lowest BCUT2D eigenvalue weighted by atomic mass is 9.79. The van der Waals surface area contributed by atoms with Gasteiger partial charge in [-0.15, -0.1) is 0 Å². The van der Waals surface area contributed by atoms with Crippen LogP contribution in [0.25, 0.3) is 0 Å². The number of aromatic nitrogens is 4. The highest BCUT2D eigenvalue weighted by Crippen LogP contribution is 2.39. The Hall–Kier alpha value is -2.28. The Bertz CT molecular complexity index is 649. The van der Waals surface area contributed by atoms with Crippen molar-refractivity contribution in [2.75, 3.05) is 31.2 Å². The average molecular weight is 327 g/mol. The molecule has 2 aromatic rings. The highest BCUT2D eigenvalue weighted by molar-refractivity contribution is 5.37. The Morgan fingerprint density at radius 2 is 2.04 bits per heavy atom. The lowest BCUT2D eigenvalue weighted by molar-refractivity contribution is -0.115. The molecular weight excluding hydrogens is 306 g/mol. The van der Waals surface area contributed by atoms with E-state index in [4.69, 9.17) is 9.47 Å². The van der Waals surface area contributed by atoms with Crippen LogP contribution in [-0.4, -0.2) is 51.8 Å². The van der Waals surface area contributed by atoms with E-state index in [0.29, 0.717) is 18.4 Å². The van der Waals surface area contributed by atoms with Gasteiger partial charge in [0.25, 0.3) is 0 Å². The molecule has 0 radical (unpaired) electrons. The van der Waals surface area contributed by atoms with E-state index in [2.05, 4.69) is 24.8 Å². The molecule has 2 aromatic heterocycles. The van der Waals surface area contributed by atoms with Crippen LogP contribution in [0.1, 0.15) is 19.3 Å². The molecule has 2 fully saturated rings. The van der Waals surface area contributed by atoms with Crippen LogP contribution in [0.2, 0.25) is 0 Å². The van der Waals surface area contributed by atoms with Gasteiger partial charge in [0, 0.05) is 31.4 Å². The largest absolute Gasteiger partial charge is 0.477 e. The van der Waals surface area contributed by atoms with Gasteiger partial charge in [-0.3, -0.25) is 4.98 Å². The molecule has 1 spiro atoms. The van der Waals surface area contributed by atoms with Crippen LogP contribution >= 0.6 is 0 Å². The van der Waals surface area contributed by atoms with Crippen LogP contribution in [0.15, 0.2) is 37.1 Å². The number of hydrogen-bond acceptors (Lipinski definition) is 7. The molecular formula is C17H21N5O2. The van der Waals surface area contributed by atoms with Crippen molar-refractivity contribution in [1.29, 1.82) is 0 Å². The van der Waals surface area contributed by atoms with E-state index < -0.39 is 0 Å². The zero-order valence-electron chi connectivity index (χ0n) is 13.5. The molecule has 2 aliphatic heterocycles. The van der Waals surface area contributed by atoms with Crippen molar-refractivity contribution >= 4 is 5.95 Å². The standard InChI is InChI=1S/C17H21N5O2/c1-4-20-16(21-5-1)22-12-17(13-22)10-14(3-9-24-17)2-8-23-15-11-18-6-7-19-15/h1,4-7,11,14H,2-3,8-10,12-13H2. The first-order valence-electron chi connectivity index (χ1n) is 8.38. The molecule has 4 heterocycles. The van der Waals surface area contributed by atoms with Crippen LogP contribution < -0.4 is 9.64 Å². The van der Waals surface area contributed by atoms with Gasteiger partial charge in [0.2, 0.25) is 11.8 Å². The van der Waals surface area contributed by atoms with Crippen molar-refractivity contribution < 1.29 is 9.47 Å². The lowest BCUT2D eigenvalue weighted by Crippen LogP contribution is -2.66. The molecule has 2 saturated heterocycles. The molecule has 0 bridgehead atoms. The Labute approximate surface area is 141 Å². The first kappa shape index (κ1) is 15.3. The Morgan fingerprint density at radius 1 is 1.17 bits per heavy atom. The van der Waals surface area contributed by atoms with Crippen molar-refractivity contribution in [2.24, 2.45) is 5.92 Å². The smallest absolute Gasteiger partial charge is 0.232 e. The third-order valence-corrected chi connectivity index (χ3v) is 4.70. The second-order valence-corrected chi connectivity index (χ2v) is 6.48. The maximum Gasteiger partial charge on any atom is 0.232 e. The van der Waals surface area contributed by atoms with Crippen LogP contribution in [-0.2, 0) is 4.74 Å². The summed E-state index contributed by atoms with van der Waals surface area (Å²) in [6.45, 7) is 3.24. The molecule has 1 atom stereocenters. The monoisotopic (exact) mass is 327 g/mol. The number of nitrogens with zero attached hydrogens (tertiary/aromatic N) is 5. The summed E-state index contributed by atoms with van der Waals surface area (Å²) >= 11 is 0.